The minimum absolute atomic E-state index is 0.000389. The Morgan fingerprint density at radius 1 is 1.11 bits per heavy atom. The molecular formula is C27H44O9S2. The van der Waals surface area contributed by atoms with Gasteiger partial charge < -0.3 is 5.11 Å². The van der Waals surface area contributed by atoms with E-state index in [1.807, 2.05) is 13.8 Å². The van der Waals surface area contributed by atoms with Crippen molar-refractivity contribution in [2.24, 2.45) is 40.4 Å². The third-order valence-corrected chi connectivity index (χ3v) is 11.4. The van der Waals surface area contributed by atoms with Crippen LogP contribution >= 0.6 is 0 Å². The molecule has 9 atom stereocenters. The van der Waals surface area contributed by atoms with E-state index in [1.54, 1.807) is 0 Å². The maximum Gasteiger partial charge on any atom is 0.397 e. The summed E-state index contributed by atoms with van der Waals surface area (Å²) >= 11 is 0. The summed E-state index contributed by atoms with van der Waals surface area (Å²) in [6.07, 6.45) is 9.52. The van der Waals surface area contributed by atoms with Crippen molar-refractivity contribution >= 4 is 20.8 Å². The Morgan fingerprint density at radius 3 is 2.45 bits per heavy atom. The van der Waals surface area contributed by atoms with E-state index in [0.717, 1.165) is 50.5 Å². The molecule has 0 saturated heterocycles. The van der Waals surface area contributed by atoms with Gasteiger partial charge in [0.25, 0.3) is 0 Å². The van der Waals surface area contributed by atoms with Gasteiger partial charge in [0.05, 0.1) is 12.7 Å². The van der Waals surface area contributed by atoms with Crippen LogP contribution in [0.2, 0.25) is 0 Å². The van der Waals surface area contributed by atoms with Gasteiger partial charge in [0.2, 0.25) is 0 Å². The van der Waals surface area contributed by atoms with Gasteiger partial charge in [-0.15, -0.1) is 0 Å². The highest BCUT2D eigenvalue weighted by molar-refractivity contribution is 7.81. The van der Waals surface area contributed by atoms with Gasteiger partial charge in [0, 0.05) is 0 Å². The lowest BCUT2D eigenvalue weighted by molar-refractivity contribution is -0.0852. The molecule has 0 spiro atoms. The van der Waals surface area contributed by atoms with Gasteiger partial charge in [-0.2, -0.15) is 16.8 Å². The van der Waals surface area contributed by atoms with Crippen LogP contribution in [0, 0.1) is 40.4 Å². The van der Waals surface area contributed by atoms with Gasteiger partial charge in [0.15, 0.2) is 0 Å². The van der Waals surface area contributed by atoms with Crippen molar-refractivity contribution in [3.8, 4) is 0 Å². The predicted molar refractivity (Wildman–Crippen MR) is 143 cm³/mol. The number of aliphatic hydroxyl groups excluding tert-OH is 1. The summed E-state index contributed by atoms with van der Waals surface area (Å²) < 4.78 is 74.1. The molecule has 0 aliphatic heterocycles. The second-order valence-corrected chi connectivity index (χ2v) is 15.0. The van der Waals surface area contributed by atoms with Gasteiger partial charge in [-0.3, -0.25) is 9.11 Å². The topological polar surface area (TPSA) is 147 Å². The van der Waals surface area contributed by atoms with E-state index in [1.165, 1.54) is 5.57 Å². The number of fused-ring (bicyclic) bond motifs is 5. The van der Waals surface area contributed by atoms with E-state index in [0.29, 0.717) is 30.6 Å². The average Bonchev–Trinajstić information content (AvgIpc) is 3.12. The fourth-order valence-electron chi connectivity index (χ4n) is 8.90. The first-order valence-corrected chi connectivity index (χ1v) is 16.5. The fourth-order valence-corrected chi connectivity index (χ4v) is 9.75. The molecule has 0 aromatic heterocycles. The quantitative estimate of drug-likeness (QED) is 0.257. The molecule has 9 nitrogen and oxygen atoms in total. The van der Waals surface area contributed by atoms with Crippen molar-refractivity contribution in [3.05, 3.63) is 23.3 Å². The molecule has 0 aromatic rings. The summed E-state index contributed by atoms with van der Waals surface area (Å²) in [5.74, 6) is 1.38. The minimum Gasteiger partial charge on any atom is -0.390 e. The van der Waals surface area contributed by atoms with Crippen molar-refractivity contribution in [1.82, 2.24) is 0 Å². The molecule has 3 fully saturated rings. The highest BCUT2D eigenvalue weighted by Gasteiger charge is 2.60. The smallest absolute Gasteiger partial charge is 0.390 e. The standard InChI is InChI=1S/C27H44O9S2/c1-17(2)6-5-7-18(16-35-37(29,30)31)21-10-11-22-20-9-8-19-14-24(28)25(36-38(32,33)34)15-27(19,4)23(20)12-13-26(21,22)3/h6,8,18,20-25,28H,5,7,9-16H2,1-4H3,(H,29,30,31)(H,32,33,34)/t18-,20-,21+,22-,23-,24?,25?,26+,27-/m0/s1. The van der Waals surface area contributed by atoms with Gasteiger partial charge in [-0.05, 0) is 112 Å². The molecule has 218 valence electrons. The van der Waals surface area contributed by atoms with Crippen LogP contribution in [0.1, 0.15) is 85.5 Å². The van der Waals surface area contributed by atoms with E-state index < -0.39 is 33.0 Å². The molecule has 4 rings (SSSR count). The van der Waals surface area contributed by atoms with Crippen LogP contribution in [0.3, 0.4) is 0 Å². The van der Waals surface area contributed by atoms with Gasteiger partial charge in [-0.1, -0.05) is 37.1 Å². The summed E-state index contributed by atoms with van der Waals surface area (Å²) in [5, 5.41) is 10.6. The van der Waals surface area contributed by atoms with Crippen LogP contribution in [0.15, 0.2) is 23.3 Å². The summed E-state index contributed by atoms with van der Waals surface area (Å²) in [7, 11) is -9.20. The molecule has 4 aliphatic rings. The largest absolute Gasteiger partial charge is 0.397 e. The maximum absolute atomic E-state index is 11.5. The molecule has 0 radical (unpaired) electrons. The first kappa shape index (κ1) is 30.1. The first-order valence-electron chi connectivity index (χ1n) is 13.8. The third kappa shape index (κ3) is 6.24. The summed E-state index contributed by atoms with van der Waals surface area (Å²) in [6, 6.07) is 0. The maximum atomic E-state index is 11.5. The zero-order valence-electron chi connectivity index (χ0n) is 22.9. The fraction of sp³-hybridized carbons (Fsp3) is 0.852. The normalized spacial score (nSPS) is 39.9. The van der Waals surface area contributed by atoms with Crippen LogP contribution in [0.4, 0.5) is 0 Å². The monoisotopic (exact) mass is 576 g/mol. The van der Waals surface area contributed by atoms with Gasteiger partial charge in [0.1, 0.15) is 6.10 Å². The zero-order chi connectivity index (χ0) is 28.1. The highest BCUT2D eigenvalue weighted by Crippen LogP contribution is 2.67. The van der Waals surface area contributed by atoms with Crippen molar-refractivity contribution in [3.63, 3.8) is 0 Å². The summed E-state index contributed by atoms with van der Waals surface area (Å²) in [6.45, 7) is 8.55. The lowest BCUT2D eigenvalue weighted by Gasteiger charge is -2.59. The van der Waals surface area contributed by atoms with Crippen LogP contribution in [0.5, 0.6) is 0 Å². The average molecular weight is 577 g/mol. The minimum atomic E-state index is -4.68. The summed E-state index contributed by atoms with van der Waals surface area (Å²) in [5.41, 5.74) is 2.04. The van der Waals surface area contributed by atoms with Crippen molar-refractivity contribution in [2.75, 3.05) is 6.61 Å². The Labute approximate surface area is 228 Å². The number of rotatable bonds is 9. The molecule has 38 heavy (non-hydrogen) atoms. The molecule has 3 N–H and O–H groups in total. The SMILES string of the molecule is CC(C)=CCC[C@@H](COS(=O)(=O)O)[C@H]1CC[C@H]2[C@@H]3CC=C4CC(O)C(OS(=O)(=O)O)C[C@]4(C)[C@H]3CC[C@]12C. The molecule has 0 aromatic carbocycles. The van der Waals surface area contributed by atoms with Crippen molar-refractivity contribution < 1.29 is 39.4 Å². The number of hydrogen-bond acceptors (Lipinski definition) is 7. The third-order valence-electron chi connectivity index (χ3n) is 10.5. The van der Waals surface area contributed by atoms with E-state index in [9.17, 15) is 31.0 Å². The van der Waals surface area contributed by atoms with Crippen LogP contribution in [-0.4, -0.2) is 49.9 Å². The van der Waals surface area contributed by atoms with E-state index in [4.69, 9.17) is 8.37 Å². The first-order chi connectivity index (χ1) is 17.5. The van der Waals surface area contributed by atoms with Crippen molar-refractivity contribution in [2.45, 2.75) is 97.7 Å². The van der Waals surface area contributed by atoms with Crippen LogP contribution in [0.25, 0.3) is 0 Å². The number of allylic oxidation sites excluding steroid dienone is 3. The van der Waals surface area contributed by atoms with E-state index in [2.05, 4.69) is 26.0 Å². The van der Waals surface area contributed by atoms with Crippen LogP contribution < -0.4 is 0 Å². The second kappa shape index (κ2) is 10.9. The molecule has 3 saturated carbocycles. The zero-order valence-corrected chi connectivity index (χ0v) is 24.5. The molecule has 0 bridgehead atoms. The van der Waals surface area contributed by atoms with E-state index in [-0.39, 0.29) is 29.3 Å². The summed E-state index contributed by atoms with van der Waals surface area (Å²) in [4.78, 5) is 0. The van der Waals surface area contributed by atoms with Gasteiger partial charge >= 0.3 is 20.8 Å². The van der Waals surface area contributed by atoms with Crippen molar-refractivity contribution in [1.29, 1.82) is 0 Å². The van der Waals surface area contributed by atoms with Gasteiger partial charge in [-0.25, -0.2) is 8.37 Å². The lowest BCUT2D eigenvalue weighted by atomic mass is 9.46. The Balaban J connectivity index is 1.57. The van der Waals surface area contributed by atoms with Crippen LogP contribution in [-0.2, 0) is 29.2 Å². The Morgan fingerprint density at radius 2 is 1.82 bits per heavy atom. The predicted octanol–water partition coefficient (Wildman–Crippen LogP) is 4.91. The lowest BCUT2D eigenvalue weighted by Crippen LogP contribution is -2.54. The molecule has 11 heteroatoms. The number of hydrogen-bond donors (Lipinski definition) is 3. The Bertz CT molecular complexity index is 1160. The van der Waals surface area contributed by atoms with E-state index >= 15 is 0 Å². The molecular weight excluding hydrogens is 532 g/mol. The molecule has 0 heterocycles. The molecule has 4 aliphatic carbocycles. The molecule has 0 amide bonds. The Kier molecular flexibility index (Phi) is 8.62. The molecule has 2 unspecified atom stereocenters. The highest BCUT2D eigenvalue weighted by atomic mass is 32.3. The Hall–Kier alpha value is -0.820. The number of aliphatic hydroxyl groups is 1. The second-order valence-electron chi connectivity index (χ2n) is 12.9.